The molecular weight excluding hydrogens is 451 g/mol. The minimum atomic E-state index is -0.694. The summed E-state index contributed by atoms with van der Waals surface area (Å²) < 4.78 is 25.8. The summed E-state index contributed by atoms with van der Waals surface area (Å²) in [6, 6.07) is 17.4. The van der Waals surface area contributed by atoms with Crippen molar-refractivity contribution in [1.82, 2.24) is 9.88 Å². The molecule has 1 aromatic heterocycles. The van der Waals surface area contributed by atoms with Gasteiger partial charge in [-0.05, 0) is 18.2 Å². The lowest BCUT2D eigenvalue weighted by Gasteiger charge is -2.39. The lowest BCUT2D eigenvalue weighted by molar-refractivity contribution is -0.118. The van der Waals surface area contributed by atoms with Gasteiger partial charge < -0.3 is 25.4 Å². The molecule has 3 aromatic rings. The van der Waals surface area contributed by atoms with Gasteiger partial charge in [-0.3, -0.25) is 14.6 Å². The number of halogens is 1. The van der Waals surface area contributed by atoms with Crippen molar-refractivity contribution in [1.29, 1.82) is 0 Å². The predicted octanol–water partition coefficient (Wildman–Crippen LogP) is 3.12. The van der Waals surface area contributed by atoms with Crippen molar-refractivity contribution in [3.05, 3.63) is 89.5 Å². The van der Waals surface area contributed by atoms with E-state index in [1.165, 1.54) is 11.0 Å². The summed E-state index contributed by atoms with van der Waals surface area (Å²) >= 11 is 0. The summed E-state index contributed by atoms with van der Waals surface area (Å²) in [5.41, 5.74) is 8.49. The van der Waals surface area contributed by atoms with Crippen molar-refractivity contribution in [2.75, 3.05) is 31.6 Å². The summed E-state index contributed by atoms with van der Waals surface area (Å²) in [6.07, 6.45) is 1.67. The number of rotatable bonds is 6. The van der Waals surface area contributed by atoms with Crippen molar-refractivity contribution in [3.8, 4) is 5.75 Å². The third-order valence-corrected chi connectivity index (χ3v) is 5.87. The SMILES string of the molecule is NC(=C(OCC1CN(C(=O)c2cc3c(cc2F)OCC(=O)N3)C1)c1ccccn1)c1ccccc1. The maximum absolute atomic E-state index is 14.5. The van der Waals surface area contributed by atoms with Crippen molar-refractivity contribution in [2.24, 2.45) is 11.7 Å². The van der Waals surface area contributed by atoms with Crippen LogP contribution in [-0.4, -0.2) is 48.0 Å². The molecule has 2 aromatic carbocycles. The number of amides is 2. The molecule has 3 N–H and O–H groups in total. The number of hydrogen-bond donors (Lipinski definition) is 2. The Morgan fingerprint density at radius 2 is 1.94 bits per heavy atom. The van der Waals surface area contributed by atoms with Gasteiger partial charge >= 0.3 is 0 Å². The van der Waals surface area contributed by atoms with Crippen LogP contribution < -0.4 is 15.8 Å². The van der Waals surface area contributed by atoms with Crippen LogP contribution in [0.25, 0.3) is 11.5 Å². The fourth-order valence-corrected chi connectivity index (χ4v) is 4.01. The number of benzene rings is 2. The van der Waals surface area contributed by atoms with E-state index in [0.717, 1.165) is 11.6 Å². The Balaban J connectivity index is 1.26. The number of nitrogens with two attached hydrogens (primary N) is 1. The monoisotopic (exact) mass is 474 g/mol. The van der Waals surface area contributed by atoms with Crippen LogP contribution in [0, 0.1) is 11.7 Å². The lowest BCUT2D eigenvalue weighted by Crippen LogP contribution is -2.51. The van der Waals surface area contributed by atoms with Gasteiger partial charge in [-0.2, -0.15) is 0 Å². The number of fused-ring (bicyclic) bond motifs is 1. The molecule has 2 aliphatic heterocycles. The standard InChI is InChI=1S/C26H23FN4O4/c27-19-11-22-21(30-23(32)15-34-22)10-18(19)26(33)31-12-16(13-31)14-35-25(20-8-4-5-9-29-20)24(28)17-6-2-1-3-7-17/h1-11,16H,12-15,28H2,(H,30,32). The number of likely N-dealkylation sites (tertiary alicyclic amines) is 1. The van der Waals surface area contributed by atoms with Crippen LogP contribution in [0.3, 0.4) is 0 Å². The molecule has 3 heterocycles. The smallest absolute Gasteiger partial charge is 0.262 e. The minimum Gasteiger partial charge on any atom is -0.489 e. The van der Waals surface area contributed by atoms with Crippen LogP contribution in [-0.2, 0) is 9.53 Å². The van der Waals surface area contributed by atoms with E-state index in [2.05, 4.69) is 10.3 Å². The third-order valence-electron chi connectivity index (χ3n) is 5.87. The number of carbonyl (C=O) groups excluding carboxylic acids is 2. The molecule has 0 aliphatic carbocycles. The van der Waals surface area contributed by atoms with Crippen LogP contribution in [0.2, 0.25) is 0 Å². The van der Waals surface area contributed by atoms with Crippen LogP contribution in [0.15, 0.2) is 66.9 Å². The number of pyridine rings is 1. The molecule has 0 unspecified atom stereocenters. The number of ether oxygens (including phenoxy) is 2. The van der Waals surface area contributed by atoms with Gasteiger partial charge in [0.1, 0.15) is 17.3 Å². The van der Waals surface area contributed by atoms with E-state index in [9.17, 15) is 14.0 Å². The molecule has 0 radical (unpaired) electrons. The van der Waals surface area contributed by atoms with E-state index in [0.29, 0.717) is 36.8 Å². The fourth-order valence-electron chi connectivity index (χ4n) is 4.01. The lowest BCUT2D eigenvalue weighted by atomic mass is 9.99. The van der Waals surface area contributed by atoms with Crippen molar-refractivity contribution in [3.63, 3.8) is 0 Å². The molecule has 0 spiro atoms. The molecular formula is C26H23FN4O4. The largest absolute Gasteiger partial charge is 0.489 e. The first kappa shape index (κ1) is 22.4. The highest BCUT2D eigenvalue weighted by atomic mass is 19.1. The van der Waals surface area contributed by atoms with Gasteiger partial charge in [0.2, 0.25) is 0 Å². The Bertz CT molecular complexity index is 1290. The summed E-state index contributed by atoms with van der Waals surface area (Å²) in [5, 5.41) is 2.59. The van der Waals surface area contributed by atoms with Crippen molar-refractivity contribution >= 4 is 29.0 Å². The molecule has 9 heteroatoms. The van der Waals surface area contributed by atoms with E-state index in [1.54, 1.807) is 6.20 Å². The van der Waals surface area contributed by atoms with E-state index in [-0.39, 0.29) is 35.4 Å². The van der Waals surface area contributed by atoms with Gasteiger partial charge in [0, 0.05) is 36.8 Å². The Kier molecular flexibility index (Phi) is 6.05. The van der Waals surface area contributed by atoms with E-state index in [4.69, 9.17) is 15.2 Å². The average Bonchev–Trinajstić information content (AvgIpc) is 2.85. The second kappa shape index (κ2) is 9.46. The second-order valence-corrected chi connectivity index (χ2v) is 8.38. The third kappa shape index (κ3) is 4.65. The zero-order chi connectivity index (χ0) is 24.4. The summed E-state index contributed by atoms with van der Waals surface area (Å²) in [5.74, 6) is -0.775. The van der Waals surface area contributed by atoms with Crippen LogP contribution >= 0.6 is 0 Å². The Morgan fingerprint density at radius 1 is 1.17 bits per heavy atom. The first-order valence-corrected chi connectivity index (χ1v) is 11.1. The average molecular weight is 474 g/mol. The molecule has 0 atom stereocenters. The molecule has 2 aliphatic rings. The van der Waals surface area contributed by atoms with Gasteiger partial charge in [0.05, 0.1) is 23.6 Å². The van der Waals surface area contributed by atoms with Crippen molar-refractivity contribution in [2.45, 2.75) is 0 Å². The Morgan fingerprint density at radius 3 is 2.69 bits per heavy atom. The summed E-state index contributed by atoms with van der Waals surface area (Å²) in [4.78, 5) is 30.3. The molecule has 1 saturated heterocycles. The highest BCUT2D eigenvalue weighted by molar-refractivity contribution is 6.00. The number of aromatic nitrogens is 1. The maximum atomic E-state index is 14.5. The highest BCUT2D eigenvalue weighted by Gasteiger charge is 2.34. The van der Waals surface area contributed by atoms with Gasteiger partial charge in [-0.1, -0.05) is 36.4 Å². The minimum absolute atomic E-state index is 0.0463. The van der Waals surface area contributed by atoms with E-state index < -0.39 is 11.7 Å². The van der Waals surface area contributed by atoms with Gasteiger partial charge in [0.25, 0.3) is 11.8 Å². The molecule has 8 nitrogen and oxygen atoms in total. The number of carbonyl (C=O) groups is 2. The highest BCUT2D eigenvalue weighted by Crippen LogP contribution is 2.32. The van der Waals surface area contributed by atoms with Gasteiger partial charge in [0.15, 0.2) is 12.4 Å². The van der Waals surface area contributed by atoms with Crippen LogP contribution in [0.1, 0.15) is 21.6 Å². The van der Waals surface area contributed by atoms with E-state index >= 15 is 0 Å². The molecule has 5 rings (SSSR count). The number of anilines is 1. The quantitative estimate of drug-likeness (QED) is 0.532. The van der Waals surface area contributed by atoms with Crippen molar-refractivity contribution < 1.29 is 23.5 Å². The van der Waals surface area contributed by atoms with Gasteiger partial charge in [-0.15, -0.1) is 0 Å². The van der Waals surface area contributed by atoms with Crippen LogP contribution in [0.5, 0.6) is 5.75 Å². The number of hydrogen-bond acceptors (Lipinski definition) is 6. The fraction of sp³-hybridized carbons (Fsp3) is 0.192. The molecule has 178 valence electrons. The molecule has 0 bridgehead atoms. The molecule has 35 heavy (non-hydrogen) atoms. The topological polar surface area (TPSA) is 107 Å². The summed E-state index contributed by atoms with van der Waals surface area (Å²) in [6.45, 7) is 0.939. The first-order chi connectivity index (χ1) is 17.0. The zero-order valence-electron chi connectivity index (χ0n) is 18.7. The normalized spacial score (nSPS) is 15.8. The Labute approximate surface area is 201 Å². The predicted molar refractivity (Wildman–Crippen MR) is 128 cm³/mol. The van der Waals surface area contributed by atoms with E-state index in [1.807, 2.05) is 48.5 Å². The maximum Gasteiger partial charge on any atom is 0.262 e. The van der Waals surface area contributed by atoms with Gasteiger partial charge in [-0.25, -0.2) is 4.39 Å². The number of nitrogens with zero attached hydrogens (tertiary/aromatic N) is 2. The number of nitrogens with one attached hydrogen (secondary N) is 1. The zero-order valence-corrected chi connectivity index (χ0v) is 18.7. The second-order valence-electron chi connectivity index (χ2n) is 8.38. The van der Waals surface area contributed by atoms with Crippen LogP contribution in [0.4, 0.5) is 10.1 Å². The molecule has 2 amide bonds. The first-order valence-electron chi connectivity index (χ1n) is 11.1. The Hall–Kier alpha value is -4.40. The molecule has 0 saturated carbocycles. The summed E-state index contributed by atoms with van der Waals surface area (Å²) in [7, 11) is 0. The molecule has 1 fully saturated rings.